The van der Waals surface area contributed by atoms with Gasteiger partial charge in [0.25, 0.3) is 5.91 Å². The molecule has 0 aliphatic carbocycles. The maximum absolute atomic E-state index is 12.5. The van der Waals surface area contributed by atoms with Gasteiger partial charge in [-0.25, -0.2) is 0 Å². The van der Waals surface area contributed by atoms with Gasteiger partial charge in [0.15, 0.2) is 13.9 Å². The van der Waals surface area contributed by atoms with E-state index in [1.807, 2.05) is 29.7 Å². The lowest BCUT2D eigenvalue weighted by molar-refractivity contribution is -0.111. The molecule has 0 N–H and O–H groups in total. The highest BCUT2D eigenvalue weighted by molar-refractivity contribution is 6.87. The molecule has 1 heterocycles. The number of nitrogens with zero attached hydrogens (tertiary/aromatic N) is 2. The van der Waals surface area contributed by atoms with Gasteiger partial charge in [0, 0.05) is 11.3 Å². The first kappa shape index (κ1) is 12.8. The number of benzene rings is 1. The molecular weight excluding hydrogens is 244 g/mol. The second-order valence-electron chi connectivity index (χ2n) is 5.45. The number of anilines is 1. The van der Waals surface area contributed by atoms with E-state index in [9.17, 15) is 4.79 Å². The van der Waals surface area contributed by atoms with E-state index in [0.717, 1.165) is 16.8 Å². The van der Waals surface area contributed by atoms with Crippen molar-refractivity contribution in [2.24, 2.45) is 5.16 Å². The SMILES string of the molecule is CO/N=C1/C(=O)N([Si](C)(C)C)c2ccc(C)cc21. The van der Waals surface area contributed by atoms with Crippen molar-refractivity contribution in [3.05, 3.63) is 29.3 Å². The summed E-state index contributed by atoms with van der Waals surface area (Å²) in [7, 11) is -0.314. The summed E-state index contributed by atoms with van der Waals surface area (Å²) >= 11 is 0. The van der Waals surface area contributed by atoms with Gasteiger partial charge in [0.05, 0.1) is 0 Å². The number of aryl methyl sites for hydroxylation is 1. The minimum Gasteiger partial charge on any atom is -0.398 e. The van der Waals surface area contributed by atoms with E-state index < -0.39 is 8.24 Å². The molecule has 0 fully saturated rings. The van der Waals surface area contributed by atoms with Crippen LogP contribution < -0.4 is 4.57 Å². The first-order valence-corrected chi connectivity index (χ1v) is 9.37. The number of fused-ring (bicyclic) bond motifs is 1. The molecule has 2 rings (SSSR count). The summed E-state index contributed by atoms with van der Waals surface area (Å²) in [5, 5.41) is 3.90. The van der Waals surface area contributed by atoms with Crippen LogP contribution in [-0.4, -0.2) is 27.0 Å². The zero-order valence-electron chi connectivity index (χ0n) is 11.4. The molecule has 5 heteroatoms. The highest BCUT2D eigenvalue weighted by Gasteiger charge is 2.41. The van der Waals surface area contributed by atoms with Crippen LogP contribution in [0.15, 0.2) is 23.4 Å². The van der Waals surface area contributed by atoms with Crippen molar-refractivity contribution in [3.8, 4) is 0 Å². The molecule has 0 saturated heterocycles. The highest BCUT2D eigenvalue weighted by Crippen LogP contribution is 2.34. The van der Waals surface area contributed by atoms with Gasteiger partial charge in [-0.3, -0.25) is 4.79 Å². The monoisotopic (exact) mass is 262 g/mol. The Morgan fingerprint density at radius 1 is 1.28 bits per heavy atom. The minimum absolute atomic E-state index is 0.0448. The molecular formula is C13H18N2O2Si. The van der Waals surface area contributed by atoms with Gasteiger partial charge < -0.3 is 9.40 Å². The number of hydrogen-bond acceptors (Lipinski definition) is 3. The number of amides is 1. The Balaban J connectivity index is 2.65. The Labute approximate surface area is 108 Å². The summed E-state index contributed by atoms with van der Waals surface area (Å²) in [5.41, 5.74) is 3.37. The van der Waals surface area contributed by atoms with Gasteiger partial charge in [-0.2, -0.15) is 0 Å². The average molecular weight is 262 g/mol. The fourth-order valence-electron chi connectivity index (χ4n) is 2.21. The van der Waals surface area contributed by atoms with Crippen LogP contribution in [0.3, 0.4) is 0 Å². The maximum Gasteiger partial charge on any atom is 0.273 e. The van der Waals surface area contributed by atoms with E-state index in [-0.39, 0.29) is 5.91 Å². The first-order chi connectivity index (χ1) is 8.36. The third kappa shape index (κ3) is 1.94. The Morgan fingerprint density at radius 2 is 1.94 bits per heavy atom. The molecule has 1 aliphatic rings. The molecule has 0 radical (unpaired) electrons. The molecule has 96 valence electrons. The van der Waals surface area contributed by atoms with Gasteiger partial charge in [-0.05, 0) is 19.1 Å². The molecule has 1 aliphatic heterocycles. The first-order valence-electron chi connectivity index (χ1n) is 5.93. The second-order valence-corrected chi connectivity index (χ2v) is 10.2. The number of rotatable bonds is 2. The summed E-state index contributed by atoms with van der Waals surface area (Å²) < 4.78 is 1.90. The topological polar surface area (TPSA) is 41.9 Å². The maximum atomic E-state index is 12.5. The Bertz CT molecular complexity index is 532. The lowest BCUT2D eigenvalue weighted by Gasteiger charge is -2.30. The van der Waals surface area contributed by atoms with Crippen LogP contribution in [0.25, 0.3) is 0 Å². The fourth-order valence-corrected chi connectivity index (χ4v) is 3.84. The third-order valence-corrected chi connectivity index (χ3v) is 4.69. The largest absolute Gasteiger partial charge is 0.398 e. The quantitative estimate of drug-likeness (QED) is 0.607. The fraction of sp³-hybridized carbons (Fsp3) is 0.385. The average Bonchev–Trinajstić information content (AvgIpc) is 2.52. The molecule has 1 aromatic rings. The van der Waals surface area contributed by atoms with Crippen molar-refractivity contribution >= 4 is 25.5 Å². The highest BCUT2D eigenvalue weighted by atomic mass is 28.3. The van der Waals surface area contributed by atoms with Crippen LogP contribution in [0.2, 0.25) is 19.6 Å². The predicted molar refractivity (Wildman–Crippen MR) is 75.6 cm³/mol. The van der Waals surface area contributed by atoms with Crippen LogP contribution in [0, 0.1) is 6.92 Å². The number of carbonyl (C=O) groups excluding carboxylic acids is 1. The standard InChI is InChI=1S/C13H18N2O2Si/c1-9-6-7-11-10(8-9)12(14-17-2)13(16)15(11)18(3,4)5/h6-8H,1-5H3/b14-12+. The molecule has 0 atom stereocenters. The third-order valence-electron chi connectivity index (χ3n) is 2.91. The van der Waals surface area contributed by atoms with Gasteiger partial charge in [-0.15, -0.1) is 0 Å². The van der Waals surface area contributed by atoms with E-state index in [4.69, 9.17) is 4.84 Å². The molecule has 0 unspecified atom stereocenters. The second kappa shape index (κ2) is 4.24. The Hall–Kier alpha value is -1.62. The van der Waals surface area contributed by atoms with Crippen molar-refractivity contribution in [3.63, 3.8) is 0 Å². The van der Waals surface area contributed by atoms with Gasteiger partial charge in [0.2, 0.25) is 0 Å². The number of oxime groups is 1. The van der Waals surface area contributed by atoms with Crippen LogP contribution in [0.5, 0.6) is 0 Å². The molecule has 18 heavy (non-hydrogen) atoms. The van der Waals surface area contributed by atoms with E-state index in [1.165, 1.54) is 7.11 Å². The van der Waals surface area contributed by atoms with E-state index in [1.54, 1.807) is 0 Å². The van der Waals surface area contributed by atoms with Gasteiger partial charge >= 0.3 is 0 Å². The van der Waals surface area contributed by atoms with Crippen LogP contribution in [0.1, 0.15) is 11.1 Å². The molecule has 0 saturated carbocycles. The van der Waals surface area contributed by atoms with Crippen molar-refractivity contribution in [2.45, 2.75) is 26.6 Å². The Kier molecular flexibility index (Phi) is 3.02. The molecule has 1 amide bonds. The van der Waals surface area contributed by atoms with E-state index in [2.05, 4.69) is 24.8 Å². The molecule has 0 bridgehead atoms. The van der Waals surface area contributed by atoms with Crippen LogP contribution >= 0.6 is 0 Å². The molecule has 0 spiro atoms. The van der Waals surface area contributed by atoms with E-state index >= 15 is 0 Å². The smallest absolute Gasteiger partial charge is 0.273 e. The summed E-state index contributed by atoms with van der Waals surface area (Å²) in [5.74, 6) is -0.0448. The van der Waals surface area contributed by atoms with Crippen molar-refractivity contribution in [1.82, 2.24) is 0 Å². The zero-order valence-corrected chi connectivity index (χ0v) is 12.4. The van der Waals surface area contributed by atoms with Crippen LogP contribution in [0.4, 0.5) is 5.69 Å². The summed E-state index contributed by atoms with van der Waals surface area (Å²) in [6, 6.07) is 6.01. The summed E-state index contributed by atoms with van der Waals surface area (Å²) in [4.78, 5) is 17.3. The van der Waals surface area contributed by atoms with Crippen molar-refractivity contribution in [2.75, 3.05) is 11.7 Å². The lowest BCUT2D eigenvalue weighted by Crippen LogP contribution is -2.49. The number of carbonyl (C=O) groups is 1. The zero-order chi connectivity index (χ0) is 13.5. The van der Waals surface area contributed by atoms with Gasteiger partial charge in [-0.1, -0.05) is 36.4 Å². The normalized spacial score (nSPS) is 17.3. The van der Waals surface area contributed by atoms with Crippen molar-refractivity contribution in [1.29, 1.82) is 0 Å². The molecule has 4 nitrogen and oxygen atoms in total. The Morgan fingerprint density at radius 3 is 2.50 bits per heavy atom. The molecule has 0 aromatic heterocycles. The number of hydrogen-bond donors (Lipinski definition) is 0. The van der Waals surface area contributed by atoms with E-state index in [0.29, 0.717) is 5.71 Å². The summed E-state index contributed by atoms with van der Waals surface area (Å²) in [6.07, 6.45) is 0. The lowest BCUT2D eigenvalue weighted by atomic mass is 10.1. The van der Waals surface area contributed by atoms with Crippen LogP contribution in [-0.2, 0) is 9.63 Å². The van der Waals surface area contributed by atoms with Crippen molar-refractivity contribution < 1.29 is 9.63 Å². The predicted octanol–water partition coefficient (Wildman–Crippen LogP) is 2.53. The minimum atomic E-state index is -1.78. The van der Waals surface area contributed by atoms with Gasteiger partial charge in [0.1, 0.15) is 7.11 Å². The molecule has 1 aromatic carbocycles. The summed E-state index contributed by atoms with van der Waals surface area (Å²) in [6.45, 7) is 8.44.